The highest BCUT2D eigenvalue weighted by Crippen LogP contribution is 2.39. The Kier molecular flexibility index (Phi) is 5.09. The molecule has 0 amide bonds. The highest BCUT2D eigenvalue weighted by atomic mass is 35.5. The Bertz CT molecular complexity index is 766. The summed E-state index contributed by atoms with van der Waals surface area (Å²) >= 11 is 10.6. The molecule has 0 fully saturated rings. The van der Waals surface area contributed by atoms with E-state index in [-0.39, 0.29) is 5.92 Å². The van der Waals surface area contributed by atoms with E-state index in [1.165, 1.54) is 0 Å². The second-order valence-electron chi connectivity index (χ2n) is 5.66. The lowest BCUT2D eigenvalue weighted by Crippen LogP contribution is -2.34. The second kappa shape index (κ2) is 6.91. The summed E-state index contributed by atoms with van der Waals surface area (Å²) < 4.78 is 20.7. The lowest BCUT2D eigenvalue weighted by molar-refractivity contribution is 0.253. The zero-order valence-electron chi connectivity index (χ0n) is 12.6. The van der Waals surface area contributed by atoms with E-state index in [9.17, 15) is 8.76 Å². The Labute approximate surface area is 148 Å². The molecule has 6 heteroatoms. The third-order valence-corrected chi connectivity index (χ3v) is 5.51. The Hall–Kier alpha value is -0.910. The normalized spacial score (nSPS) is 19.4. The molecule has 0 spiro atoms. The highest BCUT2D eigenvalue weighted by Gasteiger charge is 2.28. The molecule has 0 saturated carbocycles. The molecule has 3 rings (SSSR count). The minimum absolute atomic E-state index is 0.0819. The van der Waals surface area contributed by atoms with Crippen LogP contribution in [0.3, 0.4) is 0 Å². The number of hydrogen-bond acceptors (Lipinski definition) is 2. The van der Waals surface area contributed by atoms with Gasteiger partial charge in [0.1, 0.15) is 0 Å². The van der Waals surface area contributed by atoms with Crippen LogP contribution in [0.2, 0.25) is 10.0 Å². The van der Waals surface area contributed by atoms with Crippen LogP contribution in [-0.2, 0) is 17.6 Å². The minimum Gasteiger partial charge on any atom is -0.302 e. The van der Waals surface area contributed by atoms with Gasteiger partial charge < -0.3 is 4.55 Å². The summed E-state index contributed by atoms with van der Waals surface area (Å²) in [6, 6.07) is 11.0. The van der Waals surface area contributed by atoms with Gasteiger partial charge in [0.05, 0.1) is 4.90 Å². The van der Waals surface area contributed by atoms with Crippen molar-refractivity contribution >= 4 is 34.3 Å². The average molecular weight is 370 g/mol. The molecule has 2 aromatic rings. The fourth-order valence-corrected chi connectivity index (χ4v) is 4.11. The molecule has 0 aliphatic carbocycles. The van der Waals surface area contributed by atoms with E-state index in [1.54, 1.807) is 18.2 Å². The maximum atomic E-state index is 11.4. The van der Waals surface area contributed by atoms with Crippen molar-refractivity contribution in [1.29, 1.82) is 0 Å². The molecule has 0 saturated heterocycles. The lowest BCUT2D eigenvalue weighted by Gasteiger charge is -2.35. The molecule has 2 aromatic carbocycles. The number of rotatable bonds is 3. The highest BCUT2D eigenvalue weighted by molar-refractivity contribution is 7.79. The van der Waals surface area contributed by atoms with Gasteiger partial charge in [-0.1, -0.05) is 42.3 Å². The average Bonchev–Trinajstić information content (AvgIpc) is 2.54. The molecule has 2 atom stereocenters. The first-order valence-electron chi connectivity index (χ1n) is 7.40. The molecule has 122 valence electrons. The van der Waals surface area contributed by atoms with Gasteiger partial charge in [0.15, 0.2) is 11.1 Å². The predicted molar refractivity (Wildman–Crippen MR) is 94.7 cm³/mol. The maximum absolute atomic E-state index is 11.4. The zero-order chi connectivity index (χ0) is 16.6. The zero-order valence-corrected chi connectivity index (χ0v) is 15.0. The van der Waals surface area contributed by atoms with E-state index in [0.29, 0.717) is 14.9 Å². The number of nitrogens with zero attached hydrogens (tertiary/aromatic N) is 1. The summed E-state index contributed by atoms with van der Waals surface area (Å²) in [6.45, 7) is 4.66. The molecule has 0 radical (unpaired) electrons. The van der Waals surface area contributed by atoms with Gasteiger partial charge in [-0.3, -0.25) is 4.90 Å². The van der Waals surface area contributed by atoms with Crippen molar-refractivity contribution in [3.63, 3.8) is 0 Å². The van der Waals surface area contributed by atoms with Gasteiger partial charge >= 0.3 is 0 Å². The third kappa shape index (κ3) is 3.47. The van der Waals surface area contributed by atoms with Crippen molar-refractivity contribution in [3.05, 3.63) is 63.1 Å². The Morgan fingerprint density at radius 1 is 1.30 bits per heavy atom. The fraction of sp³-hybridized carbons (Fsp3) is 0.294. The minimum atomic E-state index is -1.99. The summed E-state index contributed by atoms with van der Waals surface area (Å²) in [7, 11) is 0. The van der Waals surface area contributed by atoms with Gasteiger partial charge in [-0.05, 0) is 47.5 Å². The molecular weight excluding hydrogens is 353 g/mol. The van der Waals surface area contributed by atoms with Crippen molar-refractivity contribution in [1.82, 2.24) is 4.90 Å². The first kappa shape index (κ1) is 16.9. The second-order valence-corrected chi connectivity index (χ2v) is 7.47. The van der Waals surface area contributed by atoms with E-state index < -0.39 is 11.1 Å². The molecule has 23 heavy (non-hydrogen) atoms. The van der Waals surface area contributed by atoms with Crippen LogP contribution in [0.15, 0.2) is 41.3 Å². The molecule has 1 aliphatic rings. The number of hydrogen-bond donors (Lipinski definition) is 1. The summed E-state index contributed by atoms with van der Waals surface area (Å²) in [5, 5.41) is 1.29. The van der Waals surface area contributed by atoms with Gasteiger partial charge in [0.2, 0.25) is 0 Å². The van der Waals surface area contributed by atoms with Gasteiger partial charge in [-0.2, -0.15) is 0 Å². The van der Waals surface area contributed by atoms with Crippen LogP contribution < -0.4 is 0 Å². The monoisotopic (exact) mass is 369 g/mol. The first-order chi connectivity index (χ1) is 11.0. The molecule has 1 heterocycles. The fourth-order valence-electron chi connectivity index (χ4n) is 3.11. The number of halogens is 2. The van der Waals surface area contributed by atoms with E-state index in [1.807, 2.05) is 18.2 Å². The summed E-state index contributed by atoms with van der Waals surface area (Å²) in [5.41, 5.74) is 3.19. The maximum Gasteiger partial charge on any atom is 0.186 e. The van der Waals surface area contributed by atoms with Crippen LogP contribution in [0.25, 0.3) is 0 Å². The van der Waals surface area contributed by atoms with E-state index in [4.69, 9.17) is 23.2 Å². The standard InChI is InChI=1S/C17H17Cl2NO2S/c1-2-20-9-15(11-4-3-5-13(6-11)23(21)22)14-7-12(18)8-17(19)16(14)10-20/h3-8,15H,2,9-10H2,1H3,(H,21,22). The quantitative estimate of drug-likeness (QED) is 0.807. The van der Waals surface area contributed by atoms with Crippen molar-refractivity contribution in [3.8, 4) is 0 Å². The number of likely N-dealkylation sites (N-methyl/N-ethyl adjacent to an activating group) is 1. The van der Waals surface area contributed by atoms with Crippen molar-refractivity contribution < 1.29 is 8.76 Å². The van der Waals surface area contributed by atoms with Crippen molar-refractivity contribution in [2.45, 2.75) is 24.3 Å². The van der Waals surface area contributed by atoms with Crippen LogP contribution in [0.1, 0.15) is 29.5 Å². The van der Waals surface area contributed by atoms with E-state index >= 15 is 0 Å². The summed E-state index contributed by atoms with van der Waals surface area (Å²) in [5.74, 6) is 0.0819. The largest absolute Gasteiger partial charge is 0.302 e. The van der Waals surface area contributed by atoms with Gasteiger partial charge in [-0.25, -0.2) is 4.21 Å². The molecular formula is C17H17Cl2NO2S. The molecule has 3 nitrogen and oxygen atoms in total. The Morgan fingerprint density at radius 3 is 2.78 bits per heavy atom. The number of fused-ring (bicyclic) bond motifs is 1. The third-order valence-electron chi connectivity index (χ3n) is 4.30. The van der Waals surface area contributed by atoms with Gasteiger partial charge in [0, 0.05) is 29.1 Å². The smallest absolute Gasteiger partial charge is 0.186 e. The molecule has 1 aliphatic heterocycles. The first-order valence-corrected chi connectivity index (χ1v) is 9.26. The Balaban J connectivity index is 2.12. The van der Waals surface area contributed by atoms with Crippen LogP contribution in [0, 0.1) is 0 Å². The topological polar surface area (TPSA) is 40.5 Å². The lowest BCUT2D eigenvalue weighted by atomic mass is 9.84. The molecule has 1 N–H and O–H groups in total. The van der Waals surface area contributed by atoms with Crippen LogP contribution in [0.5, 0.6) is 0 Å². The molecule has 0 aromatic heterocycles. The SMILES string of the molecule is CCN1Cc2c(Cl)cc(Cl)cc2C(c2cccc(S(=O)O)c2)C1. The van der Waals surface area contributed by atoms with Crippen molar-refractivity contribution in [2.24, 2.45) is 0 Å². The predicted octanol–water partition coefficient (Wildman–Crippen LogP) is 4.54. The summed E-state index contributed by atoms with van der Waals surface area (Å²) in [4.78, 5) is 2.72. The van der Waals surface area contributed by atoms with Crippen LogP contribution >= 0.6 is 23.2 Å². The van der Waals surface area contributed by atoms with E-state index in [0.717, 1.165) is 36.3 Å². The Morgan fingerprint density at radius 2 is 2.09 bits per heavy atom. The summed E-state index contributed by atoms with van der Waals surface area (Å²) in [6.07, 6.45) is 0. The van der Waals surface area contributed by atoms with Gasteiger partial charge in [-0.15, -0.1) is 0 Å². The van der Waals surface area contributed by atoms with E-state index in [2.05, 4.69) is 11.8 Å². The van der Waals surface area contributed by atoms with Crippen molar-refractivity contribution in [2.75, 3.05) is 13.1 Å². The number of benzene rings is 2. The molecule has 2 unspecified atom stereocenters. The van der Waals surface area contributed by atoms with Crippen LogP contribution in [-0.4, -0.2) is 26.8 Å². The van der Waals surface area contributed by atoms with Gasteiger partial charge in [0.25, 0.3) is 0 Å². The van der Waals surface area contributed by atoms with Crippen LogP contribution in [0.4, 0.5) is 0 Å². The molecule has 0 bridgehead atoms.